The van der Waals surface area contributed by atoms with E-state index in [0.717, 1.165) is 44.8 Å². The van der Waals surface area contributed by atoms with E-state index in [2.05, 4.69) is 15.2 Å². The normalized spacial score (nSPS) is 31.6. The maximum Gasteiger partial charge on any atom is 0.0776 e. The Hall–Kier alpha value is -0.980. The van der Waals surface area contributed by atoms with Crippen molar-refractivity contribution in [1.29, 1.82) is 0 Å². The van der Waals surface area contributed by atoms with Gasteiger partial charge in [0.1, 0.15) is 0 Å². The molecule has 0 spiro atoms. The number of aromatic nitrogens is 3. The fourth-order valence-electron chi connectivity index (χ4n) is 3.45. The molecule has 1 N–H and O–H groups in total. The Bertz CT molecular complexity index is 421. The second-order valence-electron chi connectivity index (χ2n) is 5.56. The molecule has 0 radical (unpaired) electrons. The summed E-state index contributed by atoms with van der Waals surface area (Å²) in [5.41, 5.74) is 1.10. The van der Waals surface area contributed by atoms with Crippen LogP contribution in [0.3, 0.4) is 0 Å². The SMILES string of the molecule is Cc1cnnn1C[C@@H]1CC[C@@H]2[C@H]1OCCN2CCO. The number of morpholine rings is 1. The molecule has 19 heavy (non-hydrogen) atoms. The van der Waals surface area contributed by atoms with Crippen molar-refractivity contribution >= 4 is 0 Å². The number of hydrogen-bond acceptors (Lipinski definition) is 5. The molecular weight excluding hydrogens is 244 g/mol. The molecule has 6 heteroatoms. The van der Waals surface area contributed by atoms with Gasteiger partial charge in [0, 0.05) is 31.6 Å². The largest absolute Gasteiger partial charge is 0.395 e. The van der Waals surface area contributed by atoms with Gasteiger partial charge in [-0.15, -0.1) is 5.10 Å². The van der Waals surface area contributed by atoms with Crippen LogP contribution in [0.25, 0.3) is 0 Å². The third kappa shape index (κ3) is 2.52. The lowest BCUT2D eigenvalue weighted by Crippen LogP contribution is -2.51. The van der Waals surface area contributed by atoms with Gasteiger partial charge in [0.2, 0.25) is 0 Å². The molecule has 0 aromatic carbocycles. The summed E-state index contributed by atoms with van der Waals surface area (Å²) in [6.45, 7) is 5.63. The van der Waals surface area contributed by atoms with Crippen LogP contribution < -0.4 is 0 Å². The number of ether oxygens (including phenoxy) is 1. The molecule has 1 saturated heterocycles. The molecule has 1 aliphatic carbocycles. The Kier molecular flexibility index (Phi) is 3.81. The molecule has 3 rings (SSSR count). The molecule has 2 heterocycles. The third-order valence-electron chi connectivity index (χ3n) is 4.44. The zero-order valence-corrected chi connectivity index (χ0v) is 11.4. The highest BCUT2D eigenvalue weighted by atomic mass is 16.5. The number of nitrogens with zero attached hydrogens (tertiary/aromatic N) is 4. The van der Waals surface area contributed by atoms with Crippen molar-refractivity contribution in [2.75, 3.05) is 26.3 Å². The van der Waals surface area contributed by atoms with Gasteiger partial charge in [-0.05, 0) is 19.8 Å². The molecule has 1 aromatic heterocycles. The lowest BCUT2D eigenvalue weighted by molar-refractivity contribution is -0.0790. The topological polar surface area (TPSA) is 63.4 Å². The van der Waals surface area contributed by atoms with Crippen LogP contribution in [0.4, 0.5) is 0 Å². The molecular formula is C13H22N4O2. The van der Waals surface area contributed by atoms with E-state index in [-0.39, 0.29) is 12.7 Å². The molecule has 0 unspecified atom stereocenters. The molecule has 0 bridgehead atoms. The Labute approximate surface area is 113 Å². The van der Waals surface area contributed by atoms with E-state index in [4.69, 9.17) is 9.84 Å². The summed E-state index contributed by atoms with van der Waals surface area (Å²) >= 11 is 0. The first kappa shape index (κ1) is 13.0. The number of aliphatic hydroxyl groups excluding tert-OH is 1. The van der Waals surface area contributed by atoms with E-state index in [0.29, 0.717) is 12.0 Å². The van der Waals surface area contributed by atoms with Crippen molar-refractivity contribution in [2.45, 2.75) is 38.5 Å². The lowest BCUT2D eigenvalue weighted by Gasteiger charge is -2.39. The minimum atomic E-state index is 0.232. The number of β-amino-alcohol motifs (C(OH)–C–C–N with tert-alkyl or cyclic N) is 1. The second kappa shape index (κ2) is 5.56. The summed E-state index contributed by atoms with van der Waals surface area (Å²) in [6.07, 6.45) is 4.40. The summed E-state index contributed by atoms with van der Waals surface area (Å²) in [6, 6.07) is 0.467. The summed E-state index contributed by atoms with van der Waals surface area (Å²) in [5, 5.41) is 17.2. The van der Waals surface area contributed by atoms with Gasteiger partial charge in [-0.2, -0.15) is 0 Å². The van der Waals surface area contributed by atoms with Crippen LogP contribution in [0.1, 0.15) is 18.5 Å². The molecule has 1 aliphatic heterocycles. The van der Waals surface area contributed by atoms with Gasteiger partial charge in [-0.1, -0.05) is 5.21 Å². The Morgan fingerprint density at radius 2 is 2.37 bits per heavy atom. The first-order chi connectivity index (χ1) is 9.29. The van der Waals surface area contributed by atoms with Gasteiger partial charge >= 0.3 is 0 Å². The van der Waals surface area contributed by atoms with E-state index in [1.807, 2.05) is 11.6 Å². The first-order valence-corrected chi connectivity index (χ1v) is 7.11. The predicted octanol–water partition coefficient (Wildman–Crippen LogP) is 0.0582. The zero-order valence-electron chi connectivity index (χ0n) is 11.4. The Balaban J connectivity index is 1.67. The summed E-state index contributed by atoms with van der Waals surface area (Å²) in [4.78, 5) is 2.38. The van der Waals surface area contributed by atoms with E-state index >= 15 is 0 Å². The molecule has 1 aromatic rings. The number of hydrogen-bond donors (Lipinski definition) is 1. The van der Waals surface area contributed by atoms with Crippen LogP contribution >= 0.6 is 0 Å². The van der Waals surface area contributed by atoms with Gasteiger partial charge in [0.05, 0.1) is 31.2 Å². The highest BCUT2D eigenvalue weighted by Crippen LogP contribution is 2.35. The van der Waals surface area contributed by atoms with Gasteiger partial charge in [-0.25, -0.2) is 4.68 Å². The minimum absolute atomic E-state index is 0.232. The van der Waals surface area contributed by atoms with Gasteiger partial charge in [-0.3, -0.25) is 4.90 Å². The monoisotopic (exact) mass is 266 g/mol. The fourth-order valence-corrected chi connectivity index (χ4v) is 3.45. The van der Waals surface area contributed by atoms with Crippen LogP contribution in [0.2, 0.25) is 0 Å². The van der Waals surface area contributed by atoms with Crippen molar-refractivity contribution in [2.24, 2.45) is 5.92 Å². The molecule has 1 saturated carbocycles. The molecule has 2 fully saturated rings. The minimum Gasteiger partial charge on any atom is -0.395 e. The molecule has 3 atom stereocenters. The smallest absolute Gasteiger partial charge is 0.0776 e. The molecule has 6 nitrogen and oxygen atoms in total. The fraction of sp³-hybridized carbons (Fsp3) is 0.846. The van der Waals surface area contributed by atoms with Crippen LogP contribution in [0.15, 0.2) is 6.20 Å². The number of fused-ring (bicyclic) bond motifs is 1. The van der Waals surface area contributed by atoms with E-state index in [1.165, 1.54) is 0 Å². The summed E-state index contributed by atoms with van der Waals surface area (Å²) < 4.78 is 7.97. The zero-order chi connectivity index (χ0) is 13.2. The number of rotatable bonds is 4. The number of aliphatic hydroxyl groups is 1. The van der Waals surface area contributed by atoms with Gasteiger partial charge < -0.3 is 9.84 Å². The van der Waals surface area contributed by atoms with E-state index < -0.39 is 0 Å². The van der Waals surface area contributed by atoms with Gasteiger partial charge in [0.25, 0.3) is 0 Å². The average Bonchev–Trinajstić information content (AvgIpc) is 2.99. The first-order valence-electron chi connectivity index (χ1n) is 7.11. The Morgan fingerprint density at radius 3 is 3.11 bits per heavy atom. The van der Waals surface area contributed by atoms with E-state index in [1.54, 1.807) is 6.20 Å². The maximum atomic E-state index is 9.14. The molecule has 2 aliphatic rings. The summed E-state index contributed by atoms with van der Waals surface area (Å²) in [7, 11) is 0. The van der Waals surface area contributed by atoms with Crippen molar-refractivity contribution in [1.82, 2.24) is 19.9 Å². The van der Waals surface area contributed by atoms with Crippen LogP contribution in [0, 0.1) is 12.8 Å². The molecule has 0 amide bonds. The quantitative estimate of drug-likeness (QED) is 0.835. The van der Waals surface area contributed by atoms with Crippen LogP contribution in [0.5, 0.6) is 0 Å². The van der Waals surface area contributed by atoms with Crippen LogP contribution in [-0.4, -0.2) is 63.4 Å². The Morgan fingerprint density at radius 1 is 1.47 bits per heavy atom. The third-order valence-corrected chi connectivity index (χ3v) is 4.44. The highest BCUT2D eigenvalue weighted by molar-refractivity contribution is 4.96. The van der Waals surface area contributed by atoms with Gasteiger partial charge in [0.15, 0.2) is 0 Å². The highest BCUT2D eigenvalue weighted by Gasteiger charge is 2.42. The number of aryl methyl sites for hydroxylation is 1. The maximum absolute atomic E-state index is 9.14. The predicted molar refractivity (Wildman–Crippen MR) is 69.7 cm³/mol. The lowest BCUT2D eigenvalue weighted by atomic mass is 10.0. The van der Waals surface area contributed by atoms with E-state index in [9.17, 15) is 0 Å². The standard InChI is InChI=1S/C13H22N4O2/c1-10-8-14-15-17(10)9-11-2-3-12-13(11)19-7-5-16(12)4-6-18/h8,11-13,18H,2-7,9H2,1H3/t11-,12+,13-/m0/s1. The molecule has 106 valence electrons. The van der Waals surface area contributed by atoms with Crippen molar-refractivity contribution < 1.29 is 9.84 Å². The second-order valence-corrected chi connectivity index (χ2v) is 5.56. The van der Waals surface area contributed by atoms with Crippen molar-refractivity contribution in [3.8, 4) is 0 Å². The summed E-state index contributed by atoms with van der Waals surface area (Å²) in [5.74, 6) is 0.506. The van der Waals surface area contributed by atoms with Crippen LogP contribution in [-0.2, 0) is 11.3 Å². The average molecular weight is 266 g/mol. The van der Waals surface area contributed by atoms with Crippen molar-refractivity contribution in [3.05, 3.63) is 11.9 Å². The van der Waals surface area contributed by atoms with Crippen molar-refractivity contribution in [3.63, 3.8) is 0 Å².